The first kappa shape index (κ1) is 19.8. The second kappa shape index (κ2) is 9.32. The minimum Gasteiger partial charge on any atom is -0.492 e. The molecule has 1 saturated heterocycles. The number of piperazine rings is 1. The van der Waals surface area contributed by atoms with E-state index in [1.165, 1.54) is 0 Å². The van der Waals surface area contributed by atoms with Crippen LogP contribution in [0.25, 0.3) is 0 Å². The number of rotatable bonds is 6. The molecule has 0 saturated carbocycles. The highest BCUT2D eigenvalue weighted by atomic mass is 16.6. The Hall–Kier alpha value is -2.93. The Labute approximate surface area is 166 Å². The molecular weight excluding hydrogens is 356 g/mol. The van der Waals surface area contributed by atoms with Gasteiger partial charge in [-0.1, -0.05) is 18.2 Å². The summed E-state index contributed by atoms with van der Waals surface area (Å²) in [6.45, 7) is 6.94. The van der Waals surface area contributed by atoms with Crippen molar-refractivity contribution in [2.75, 3.05) is 48.3 Å². The van der Waals surface area contributed by atoms with Crippen molar-refractivity contribution < 1.29 is 14.3 Å². The third-order valence-corrected chi connectivity index (χ3v) is 4.61. The lowest BCUT2D eigenvalue weighted by atomic mass is 10.2. The van der Waals surface area contributed by atoms with E-state index < -0.39 is 12.3 Å². The highest BCUT2D eigenvalue weighted by Gasteiger charge is 2.26. The van der Waals surface area contributed by atoms with Gasteiger partial charge in [0.25, 0.3) is 0 Å². The number of nitrogens with two attached hydrogens (primary N) is 1. The average molecular weight is 384 g/mol. The van der Waals surface area contributed by atoms with E-state index in [-0.39, 0.29) is 0 Å². The van der Waals surface area contributed by atoms with Crippen LogP contribution >= 0.6 is 0 Å². The monoisotopic (exact) mass is 384 g/mol. The first-order valence-corrected chi connectivity index (χ1v) is 9.66. The molecule has 1 aliphatic heterocycles. The largest absolute Gasteiger partial charge is 0.492 e. The summed E-state index contributed by atoms with van der Waals surface area (Å²) in [5.41, 5.74) is 8.35. The summed E-state index contributed by atoms with van der Waals surface area (Å²) in [5, 5.41) is 3.26. The van der Waals surface area contributed by atoms with Crippen LogP contribution in [0.3, 0.4) is 0 Å². The predicted octanol–water partition coefficient (Wildman–Crippen LogP) is 3.07. The van der Waals surface area contributed by atoms with Crippen LogP contribution in [0.4, 0.5) is 21.9 Å². The lowest BCUT2D eigenvalue weighted by molar-refractivity contribution is 0.0808. The third-order valence-electron chi connectivity index (χ3n) is 4.61. The molecule has 0 spiro atoms. The predicted molar refractivity (Wildman–Crippen MR) is 112 cm³/mol. The first-order chi connectivity index (χ1) is 13.6. The Bertz CT molecular complexity index is 799. The SMILES string of the molecule is CCOc1ccccc1N(CC)C(=O)OC1CN(c2cccc(N)c2)CCN1. The van der Waals surface area contributed by atoms with Gasteiger partial charge in [-0.25, -0.2) is 4.79 Å². The van der Waals surface area contributed by atoms with Crippen LogP contribution in [0.2, 0.25) is 0 Å². The van der Waals surface area contributed by atoms with E-state index >= 15 is 0 Å². The standard InChI is InChI=1S/C21H28N4O3/c1-3-25(18-10-5-6-11-19(18)27-4-2)21(26)28-20-15-24(13-12-23-20)17-9-7-8-16(22)14-17/h5-11,14,20,23H,3-4,12-13,15,22H2,1-2H3. The fourth-order valence-electron chi connectivity index (χ4n) is 3.29. The number of hydrogen-bond acceptors (Lipinski definition) is 6. The zero-order valence-corrected chi connectivity index (χ0v) is 16.4. The molecule has 3 rings (SSSR count). The second-order valence-electron chi connectivity index (χ2n) is 6.51. The number of anilines is 3. The molecule has 2 aromatic carbocycles. The Morgan fingerprint density at radius 1 is 1.25 bits per heavy atom. The molecule has 7 heteroatoms. The molecule has 7 nitrogen and oxygen atoms in total. The molecule has 2 aromatic rings. The van der Waals surface area contributed by atoms with Crippen LogP contribution in [0.5, 0.6) is 5.75 Å². The van der Waals surface area contributed by atoms with E-state index in [1.54, 1.807) is 4.90 Å². The second-order valence-corrected chi connectivity index (χ2v) is 6.51. The maximum Gasteiger partial charge on any atom is 0.416 e. The van der Waals surface area contributed by atoms with Gasteiger partial charge in [-0.3, -0.25) is 10.2 Å². The van der Waals surface area contributed by atoms with Crippen LogP contribution in [0, 0.1) is 0 Å². The number of para-hydroxylation sites is 2. The van der Waals surface area contributed by atoms with Crippen molar-refractivity contribution >= 4 is 23.2 Å². The fourth-order valence-corrected chi connectivity index (χ4v) is 3.29. The summed E-state index contributed by atoms with van der Waals surface area (Å²) >= 11 is 0. The topological polar surface area (TPSA) is 80.1 Å². The van der Waals surface area contributed by atoms with E-state index in [4.69, 9.17) is 15.2 Å². The molecule has 0 radical (unpaired) electrons. The van der Waals surface area contributed by atoms with Crippen molar-refractivity contribution in [3.63, 3.8) is 0 Å². The Morgan fingerprint density at radius 3 is 2.82 bits per heavy atom. The number of carbonyl (C=O) groups is 1. The summed E-state index contributed by atoms with van der Waals surface area (Å²) in [5.74, 6) is 0.668. The van der Waals surface area contributed by atoms with Crippen LogP contribution < -0.4 is 25.6 Å². The number of amides is 1. The minimum atomic E-state index is -0.406. The molecule has 0 aromatic heterocycles. The van der Waals surface area contributed by atoms with Crippen molar-refractivity contribution in [3.8, 4) is 5.75 Å². The molecule has 0 bridgehead atoms. The summed E-state index contributed by atoms with van der Waals surface area (Å²) in [7, 11) is 0. The Kier molecular flexibility index (Phi) is 6.60. The lowest BCUT2D eigenvalue weighted by Crippen LogP contribution is -2.53. The zero-order valence-electron chi connectivity index (χ0n) is 16.4. The van der Waals surface area contributed by atoms with Gasteiger partial charge in [0.1, 0.15) is 5.75 Å². The van der Waals surface area contributed by atoms with Gasteiger partial charge in [0, 0.05) is 31.0 Å². The van der Waals surface area contributed by atoms with E-state index in [0.29, 0.717) is 43.4 Å². The molecule has 3 N–H and O–H groups in total. The third kappa shape index (κ3) is 4.67. The Morgan fingerprint density at radius 2 is 2.07 bits per heavy atom. The van der Waals surface area contributed by atoms with Crippen LogP contribution in [0.15, 0.2) is 48.5 Å². The van der Waals surface area contributed by atoms with Gasteiger partial charge in [0.15, 0.2) is 6.23 Å². The highest BCUT2D eigenvalue weighted by Crippen LogP contribution is 2.29. The van der Waals surface area contributed by atoms with Gasteiger partial charge in [0.05, 0.1) is 18.8 Å². The number of nitrogens with one attached hydrogen (secondary N) is 1. The summed E-state index contributed by atoms with van der Waals surface area (Å²) in [6.07, 6.45) is -0.808. The van der Waals surface area contributed by atoms with Gasteiger partial charge in [-0.15, -0.1) is 0 Å². The molecule has 0 aliphatic carbocycles. The van der Waals surface area contributed by atoms with E-state index in [9.17, 15) is 4.79 Å². The smallest absolute Gasteiger partial charge is 0.416 e. The van der Waals surface area contributed by atoms with Crippen molar-refractivity contribution in [1.82, 2.24) is 5.32 Å². The van der Waals surface area contributed by atoms with Gasteiger partial charge >= 0.3 is 6.09 Å². The quantitative estimate of drug-likeness (QED) is 0.745. The van der Waals surface area contributed by atoms with Gasteiger partial charge in [0.2, 0.25) is 0 Å². The summed E-state index contributed by atoms with van der Waals surface area (Å²) in [6, 6.07) is 15.2. The molecule has 1 amide bonds. The van der Waals surface area contributed by atoms with Gasteiger partial charge in [-0.2, -0.15) is 0 Å². The summed E-state index contributed by atoms with van der Waals surface area (Å²) < 4.78 is 11.4. The molecular formula is C21H28N4O3. The maximum atomic E-state index is 12.9. The number of hydrogen-bond donors (Lipinski definition) is 2. The molecule has 1 atom stereocenters. The average Bonchev–Trinajstić information content (AvgIpc) is 2.70. The minimum absolute atomic E-state index is 0.401. The van der Waals surface area contributed by atoms with Crippen LogP contribution in [0.1, 0.15) is 13.8 Å². The molecule has 1 aliphatic rings. The van der Waals surface area contributed by atoms with E-state index in [2.05, 4.69) is 10.2 Å². The first-order valence-electron chi connectivity index (χ1n) is 9.66. The number of nitrogens with zero attached hydrogens (tertiary/aromatic N) is 2. The number of ether oxygens (including phenoxy) is 2. The zero-order chi connectivity index (χ0) is 19.9. The molecule has 1 fully saturated rings. The van der Waals surface area contributed by atoms with Crippen molar-refractivity contribution in [2.24, 2.45) is 0 Å². The number of carbonyl (C=O) groups excluding carboxylic acids is 1. The molecule has 1 unspecified atom stereocenters. The van der Waals surface area contributed by atoms with Gasteiger partial charge in [-0.05, 0) is 44.2 Å². The number of benzene rings is 2. The Balaban J connectivity index is 1.69. The van der Waals surface area contributed by atoms with E-state index in [1.807, 2.05) is 62.4 Å². The van der Waals surface area contributed by atoms with Crippen molar-refractivity contribution in [3.05, 3.63) is 48.5 Å². The summed E-state index contributed by atoms with van der Waals surface area (Å²) in [4.78, 5) is 16.6. The van der Waals surface area contributed by atoms with Gasteiger partial charge < -0.3 is 20.1 Å². The molecule has 28 heavy (non-hydrogen) atoms. The van der Waals surface area contributed by atoms with Crippen LogP contribution in [-0.4, -0.2) is 45.1 Å². The van der Waals surface area contributed by atoms with Crippen molar-refractivity contribution in [1.29, 1.82) is 0 Å². The van der Waals surface area contributed by atoms with E-state index in [0.717, 1.165) is 12.2 Å². The van der Waals surface area contributed by atoms with Crippen LogP contribution in [-0.2, 0) is 4.74 Å². The fraction of sp³-hybridized carbons (Fsp3) is 0.381. The normalized spacial score (nSPS) is 16.5. The lowest BCUT2D eigenvalue weighted by Gasteiger charge is -2.35. The highest BCUT2D eigenvalue weighted by molar-refractivity contribution is 5.89. The van der Waals surface area contributed by atoms with Crippen molar-refractivity contribution in [2.45, 2.75) is 20.1 Å². The molecule has 150 valence electrons. The number of nitrogen functional groups attached to an aromatic ring is 1. The molecule has 1 heterocycles. The maximum absolute atomic E-state index is 12.9.